The van der Waals surface area contributed by atoms with Gasteiger partial charge in [-0.25, -0.2) is 4.39 Å². The fraction of sp³-hybridized carbons (Fsp3) is 0.0588. The Hall–Kier alpha value is -2.96. The van der Waals surface area contributed by atoms with Crippen LogP contribution in [0.3, 0.4) is 0 Å². The molecule has 0 spiro atoms. The van der Waals surface area contributed by atoms with Crippen LogP contribution in [-0.2, 0) is 15.8 Å². The van der Waals surface area contributed by atoms with E-state index in [-0.39, 0.29) is 5.69 Å². The Bertz CT molecular complexity index is 763. The summed E-state index contributed by atoms with van der Waals surface area (Å²) in [4.78, 5) is 23.3. The van der Waals surface area contributed by atoms with E-state index < -0.39 is 29.2 Å². The third kappa shape index (κ3) is 4.77. The lowest BCUT2D eigenvalue weighted by Gasteiger charge is -2.07. The highest BCUT2D eigenvalue weighted by Gasteiger charge is 2.30. The van der Waals surface area contributed by atoms with Crippen LogP contribution in [-0.4, -0.2) is 11.7 Å². The maximum Gasteiger partial charge on any atom is 0.416 e. The number of ketones is 1. The minimum Gasteiger partial charge on any atom is -0.319 e. The first-order valence-electron chi connectivity index (χ1n) is 6.72. The van der Waals surface area contributed by atoms with Crippen LogP contribution in [0.5, 0.6) is 0 Å². The Balaban J connectivity index is 1.98. The average Bonchev–Trinajstić information content (AvgIpc) is 2.53. The molecule has 24 heavy (non-hydrogen) atoms. The minimum absolute atomic E-state index is 0.0662. The van der Waals surface area contributed by atoms with Crippen LogP contribution >= 0.6 is 0 Å². The first kappa shape index (κ1) is 17.4. The van der Waals surface area contributed by atoms with Gasteiger partial charge in [-0.05, 0) is 48.0 Å². The summed E-state index contributed by atoms with van der Waals surface area (Å²) in [5.74, 6) is -2.31. The molecule has 2 rings (SSSR count). The van der Waals surface area contributed by atoms with Gasteiger partial charge in [-0.2, -0.15) is 13.2 Å². The van der Waals surface area contributed by atoms with Gasteiger partial charge >= 0.3 is 6.18 Å². The zero-order valence-electron chi connectivity index (χ0n) is 12.1. The van der Waals surface area contributed by atoms with Crippen molar-refractivity contribution in [3.05, 3.63) is 71.6 Å². The molecule has 1 amide bonds. The van der Waals surface area contributed by atoms with E-state index in [2.05, 4.69) is 5.32 Å². The largest absolute Gasteiger partial charge is 0.416 e. The highest BCUT2D eigenvalue weighted by Crippen LogP contribution is 2.29. The van der Waals surface area contributed by atoms with Gasteiger partial charge < -0.3 is 5.32 Å². The van der Waals surface area contributed by atoms with E-state index in [1.807, 2.05) is 0 Å². The molecule has 0 radical (unpaired) electrons. The zero-order valence-corrected chi connectivity index (χ0v) is 12.1. The zero-order chi connectivity index (χ0) is 17.7. The summed E-state index contributed by atoms with van der Waals surface area (Å²) in [5.41, 5.74) is -0.272. The molecule has 0 fully saturated rings. The molecule has 0 bridgehead atoms. The lowest BCUT2D eigenvalue weighted by molar-refractivity contribution is -0.137. The SMILES string of the molecule is O=C(C=Cc1ccc(F)cc1)C(=O)Nc1ccc(C(F)(F)F)cc1. The van der Waals surface area contributed by atoms with Crippen molar-refractivity contribution in [3.8, 4) is 0 Å². The smallest absolute Gasteiger partial charge is 0.319 e. The molecule has 0 saturated carbocycles. The van der Waals surface area contributed by atoms with Crippen LogP contribution in [0.15, 0.2) is 54.6 Å². The van der Waals surface area contributed by atoms with Crippen LogP contribution in [0.4, 0.5) is 23.2 Å². The second-order valence-corrected chi connectivity index (χ2v) is 4.78. The summed E-state index contributed by atoms with van der Waals surface area (Å²) in [7, 11) is 0. The Kier molecular flexibility index (Phi) is 5.13. The highest BCUT2D eigenvalue weighted by molar-refractivity contribution is 6.45. The van der Waals surface area contributed by atoms with Crippen LogP contribution < -0.4 is 5.32 Å². The quantitative estimate of drug-likeness (QED) is 0.519. The molecule has 7 heteroatoms. The Labute approximate surface area is 134 Å². The van der Waals surface area contributed by atoms with Gasteiger partial charge in [0.25, 0.3) is 5.91 Å². The van der Waals surface area contributed by atoms with Gasteiger partial charge in [0.05, 0.1) is 5.56 Å². The number of hydrogen-bond acceptors (Lipinski definition) is 2. The van der Waals surface area contributed by atoms with E-state index in [4.69, 9.17) is 0 Å². The van der Waals surface area contributed by atoms with E-state index in [9.17, 15) is 27.2 Å². The van der Waals surface area contributed by atoms with Crippen LogP contribution in [0.2, 0.25) is 0 Å². The first-order valence-corrected chi connectivity index (χ1v) is 6.72. The molecule has 0 aromatic heterocycles. The third-order valence-corrected chi connectivity index (χ3v) is 2.99. The van der Waals surface area contributed by atoms with Gasteiger partial charge in [-0.1, -0.05) is 18.2 Å². The molecule has 2 aromatic carbocycles. The van der Waals surface area contributed by atoms with E-state index in [0.717, 1.165) is 30.3 Å². The number of nitrogens with one attached hydrogen (secondary N) is 1. The van der Waals surface area contributed by atoms with Crippen molar-refractivity contribution in [1.82, 2.24) is 0 Å². The molecule has 0 heterocycles. The predicted octanol–water partition coefficient (Wildman–Crippen LogP) is 4.07. The van der Waals surface area contributed by atoms with E-state index in [1.165, 1.54) is 30.3 Å². The average molecular weight is 337 g/mol. The number of rotatable bonds is 4. The summed E-state index contributed by atoms with van der Waals surface area (Å²) in [6.07, 6.45) is -2.16. The van der Waals surface area contributed by atoms with Crippen molar-refractivity contribution in [2.75, 3.05) is 5.32 Å². The lowest BCUT2D eigenvalue weighted by Crippen LogP contribution is -2.20. The fourth-order valence-electron chi connectivity index (χ4n) is 1.76. The number of amides is 1. The minimum atomic E-state index is -4.48. The number of alkyl halides is 3. The second kappa shape index (κ2) is 7.08. The van der Waals surface area contributed by atoms with Crippen molar-refractivity contribution in [2.45, 2.75) is 6.18 Å². The number of halogens is 4. The summed E-state index contributed by atoms with van der Waals surface area (Å²) in [5, 5.41) is 2.20. The molecule has 2 aromatic rings. The summed E-state index contributed by atoms with van der Waals surface area (Å²) < 4.78 is 50.0. The van der Waals surface area contributed by atoms with Crippen LogP contribution in [0, 0.1) is 5.82 Å². The molecule has 0 saturated heterocycles. The third-order valence-electron chi connectivity index (χ3n) is 2.99. The van der Waals surface area contributed by atoms with E-state index in [0.29, 0.717) is 5.56 Å². The summed E-state index contributed by atoms with van der Waals surface area (Å²) in [6.45, 7) is 0. The Morgan fingerprint density at radius 1 is 0.917 bits per heavy atom. The van der Waals surface area contributed by atoms with Gasteiger partial charge in [-0.15, -0.1) is 0 Å². The van der Waals surface area contributed by atoms with Crippen LogP contribution in [0.1, 0.15) is 11.1 Å². The lowest BCUT2D eigenvalue weighted by atomic mass is 10.2. The fourth-order valence-corrected chi connectivity index (χ4v) is 1.76. The number of anilines is 1. The second-order valence-electron chi connectivity index (χ2n) is 4.78. The number of carbonyl (C=O) groups is 2. The molecule has 0 aliphatic heterocycles. The monoisotopic (exact) mass is 337 g/mol. The maximum atomic E-state index is 12.7. The van der Waals surface area contributed by atoms with Crippen molar-refractivity contribution in [1.29, 1.82) is 0 Å². The molecule has 0 unspecified atom stereocenters. The Morgan fingerprint density at radius 2 is 1.50 bits per heavy atom. The number of benzene rings is 2. The summed E-state index contributed by atoms with van der Waals surface area (Å²) >= 11 is 0. The summed E-state index contributed by atoms with van der Waals surface area (Å²) in [6, 6.07) is 8.96. The molecule has 3 nitrogen and oxygen atoms in total. The van der Waals surface area contributed by atoms with Crippen molar-refractivity contribution in [2.24, 2.45) is 0 Å². The number of hydrogen-bond donors (Lipinski definition) is 1. The Morgan fingerprint density at radius 3 is 2.04 bits per heavy atom. The first-order chi connectivity index (χ1) is 11.3. The van der Waals surface area contributed by atoms with Gasteiger partial charge in [0.15, 0.2) is 0 Å². The molecular weight excluding hydrogens is 326 g/mol. The number of carbonyl (C=O) groups excluding carboxylic acids is 2. The van der Waals surface area contributed by atoms with Gasteiger partial charge in [-0.3, -0.25) is 9.59 Å². The van der Waals surface area contributed by atoms with Crippen molar-refractivity contribution in [3.63, 3.8) is 0 Å². The molecule has 1 N–H and O–H groups in total. The van der Waals surface area contributed by atoms with Gasteiger partial charge in [0, 0.05) is 5.69 Å². The predicted molar refractivity (Wildman–Crippen MR) is 80.5 cm³/mol. The van der Waals surface area contributed by atoms with Gasteiger partial charge in [0.2, 0.25) is 5.78 Å². The topological polar surface area (TPSA) is 46.2 Å². The van der Waals surface area contributed by atoms with E-state index >= 15 is 0 Å². The molecular formula is C17H11F4NO2. The normalized spacial score (nSPS) is 11.5. The highest BCUT2D eigenvalue weighted by atomic mass is 19.4. The molecule has 124 valence electrons. The molecule has 0 aliphatic carbocycles. The van der Waals surface area contributed by atoms with Crippen molar-refractivity contribution < 1.29 is 27.2 Å². The van der Waals surface area contributed by atoms with Crippen LogP contribution in [0.25, 0.3) is 6.08 Å². The van der Waals surface area contributed by atoms with Crippen molar-refractivity contribution >= 4 is 23.5 Å². The van der Waals surface area contributed by atoms with Gasteiger partial charge in [0.1, 0.15) is 5.82 Å². The molecule has 0 aliphatic rings. The molecule has 0 atom stereocenters. The van der Waals surface area contributed by atoms with E-state index in [1.54, 1.807) is 0 Å². The maximum absolute atomic E-state index is 12.7. The standard InChI is InChI=1S/C17H11F4NO2/c18-13-6-1-11(2-7-13)3-10-15(23)16(24)22-14-8-4-12(5-9-14)17(19,20)21/h1-10H,(H,22,24).